The van der Waals surface area contributed by atoms with Crippen LogP contribution in [0.3, 0.4) is 0 Å². The largest absolute Gasteiger partial charge is 0.381 e. The van der Waals surface area contributed by atoms with Gasteiger partial charge in [-0.3, -0.25) is 9.48 Å². The number of halogens is 3. The number of nitrogens with one attached hydrogen (secondary N) is 1. The summed E-state index contributed by atoms with van der Waals surface area (Å²) in [6, 6.07) is 11.1. The first-order valence-corrected chi connectivity index (χ1v) is 10.1. The van der Waals surface area contributed by atoms with E-state index in [1.165, 1.54) is 10.9 Å². The fraction of sp³-hybridized carbons (Fsp3) is 0.217. The van der Waals surface area contributed by atoms with Crippen molar-refractivity contribution in [2.75, 3.05) is 18.5 Å². The van der Waals surface area contributed by atoms with Crippen molar-refractivity contribution >= 4 is 23.2 Å². The molecule has 1 N–H and O–H groups in total. The van der Waals surface area contributed by atoms with Gasteiger partial charge in [-0.1, -0.05) is 41.6 Å². The molecule has 0 bridgehead atoms. The standard InChI is InChI=1S/C23H18ClF2N3O2/c24-18-14-27-29(17-8-10-31-11-9-17)22(18)23(30)28-21-19(25)12-16(13-20(21)26)7-6-15-4-2-1-3-5-15/h1-5,12-14,17H,8-11H2,(H,28,30). The van der Waals surface area contributed by atoms with E-state index in [9.17, 15) is 13.6 Å². The number of aromatic nitrogens is 2. The van der Waals surface area contributed by atoms with Gasteiger partial charge < -0.3 is 10.1 Å². The second kappa shape index (κ2) is 9.29. The van der Waals surface area contributed by atoms with Gasteiger partial charge in [-0.25, -0.2) is 8.78 Å². The summed E-state index contributed by atoms with van der Waals surface area (Å²) < 4.78 is 36.0. The number of ether oxygens (including phenoxy) is 1. The molecule has 0 radical (unpaired) electrons. The second-order valence-electron chi connectivity index (χ2n) is 7.01. The van der Waals surface area contributed by atoms with Gasteiger partial charge >= 0.3 is 0 Å². The van der Waals surface area contributed by atoms with E-state index in [4.69, 9.17) is 16.3 Å². The number of rotatable bonds is 3. The van der Waals surface area contributed by atoms with Crippen LogP contribution in [0.2, 0.25) is 5.02 Å². The van der Waals surface area contributed by atoms with Crippen LogP contribution in [0.15, 0.2) is 48.7 Å². The summed E-state index contributed by atoms with van der Waals surface area (Å²) in [5.41, 5.74) is 0.366. The highest BCUT2D eigenvalue weighted by molar-refractivity contribution is 6.34. The van der Waals surface area contributed by atoms with Crippen molar-refractivity contribution in [2.24, 2.45) is 0 Å². The summed E-state index contributed by atoms with van der Waals surface area (Å²) in [6.07, 6.45) is 2.67. The van der Waals surface area contributed by atoms with E-state index >= 15 is 0 Å². The quantitative estimate of drug-likeness (QED) is 0.593. The van der Waals surface area contributed by atoms with Gasteiger partial charge in [-0.05, 0) is 37.1 Å². The minimum atomic E-state index is -0.932. The number of anilines is 1. The van der Waals surface area contributed by atoms with Crippen LogP contribution in [0.5, 0.6) is 0 Å². The molecule has 31 heavy (non-hydrogen) atoms. The highest BCUT2D eigenvalue weighted by atomic mass is 35.5. The van der Waals surface area contributed by atoms with Crippen molar-refractivity contribution in [2.45, 2.75) is 18.9 Å². The van der Waals surface area contributed by atoms with E-state index in [2.05, 4.69) is 22.3 Å². The average Bonchev–Trinajstić information content (AvgIpc) is 3.17. The van der Waals surface area contributed by atoms with Crippen LogP contribution in [0.4, 0.5) is 14.5 Å². The zero-order valence-electron chi connectivity index (χ0n) is 16.4. The van der Waals surface area contributed by atoms with Crippen molar-refractivity contribution < 1.29 is 18.3 Å². The molecule has 4 rings (SSSR count). The van der Waals surface area contributed by atoms with Crippen LogP contribution in [0.25, 0.3) is 0 Å². The third-order valence-electron chi connectivity index (χ3n) is 4.91. The number of nitrogens with zero attached hydrogens (tertiary/aromatic N) is 2. The Bertz CT molecular complexity index is 1140. The van der Waals surface area contributed by atoms with Crippen molar-refractivity contribution in [3.05, 3.63) is 82.1 Å². The fourth-order valence-electron chi connectivity index (χ4n) is 3.36. The molecular weight excluding hydrogens is 424 g/mol. The Labute approximate surface area is 183 Å². The lowest BCUT2D eigenvalue weighted by Gasteiger charge is -2.24. The van der Waals surface area contributed by atoms with Gasteiger partial charge in [0.1, 0.15) is 11.4 Å². The molecular formula is C23H18ClF2N3O2. The molecule has 1 aliphatic heterocycles. The minimum absolute atomic E-state index is 0.0558. The predicted octanol–water partition coefficient (Wildman–Crippen LogP) is 4.82. The predicted molar refractivity (Wildman–Crippen MR) is 113 cm³/mol. The van der Waals surface area contributed by atoms with Crippen LogP contribution in [0.1, 0.15) is 40.5 Å². The molecule has 0 saturated carbocycles. The third kappa shape index (κ3) is 4.76. The van der Waals surface area contributed by atoms with E-state index in [0.29, 0.717) is 26.1 Å². The van der Waals surface area contributed by atoms with Gasteiger partial charge in [0.05, 0.1) is 17.3 Å². The van der Waals surface area contributed by atoms with Crippen molar-refractivity contribution in [3.8, 4) is 11.8 Å². The Morgan fingerprint density at radius 2 is 1.74 bits per heavy atom. The third-order valence-corrected chi connectivity index (χ3v) is 5.18. The SMILES string of the molecule is O=C(Nc1c(F)cc(C#Cc2ccccc2)cc1F)c1c(Cl)cnn1C1CCOCC1. The number of hydrogen-bond acceptors (Lipinski definition) is 3. The second-order valence-corrected chi connectivity index (χ2v) is 7.42. The van der Waals surface area contributed by atoms with Gasteiger partial charge in [0.25, 0.3) is 5.91 Å². The number of carbonyl (C=O) groups excluding carboxylic acids is 1. The highest BCUT2D eigenvalue weighted by Crippen LogP contribution is 2.28. The van der Waals surface area contributed by atoms with Crippen molar-refractivity contribution in [3.63, 3.8) is 0 Å². The van der Waals surface area contributed by atoms with Crippen LogP contribution >= 0.6 is 11.6 Å². The van der Waals surface area contributed by atoms with Gasteiger partial charge in [-0.2, -0.15) is 5.10 Å². The van der Waals surface area contributed by atoms with E-state index in [0.717, 1.165) is 17.7 Å². The molecule has 0 atom stereocenters. The fourth-order valence-corrected chi connectivity index (χ4v) is 3.58. The summed E-state index contributed by atoms with van der Waals surface area (Å²) in [5.74, 6) is 2.96. The molecule has 1 saturated heterocycles. The first-order valence-electron chi connectivity index (χ1n) is 9.71. The van der Waals surface area contributed by atoms with Gasteiger partial charge in [0.2, 0.25) is 0 Å². The molecule has 0 unspecified atom stereocenters. The molecule has 2 aromatic carbocycles. The Balaban J connectivity index is 1.57. The molecule has 0 aliphatic carbocycles. The number of amides is 1. The van der Waals surface area contributed by atoms with Crippen LogP contribution in [-0.2, 0) is 4.74 Å². The first kappa shape index (κ1) is 21.0. The molecule has 1 fully saturated rings. The van der Waals surface area contributed by atoms with Gasteiger partial charge in [0, 0.05) is 24.3 Å². The highest BCUT2D eigenvalue weighted by Gasteiger charge is 2.26. The lowest BCUT2D eigenvalue weighted by Crippen LogP contribution is -2.26. The van der Waals surface area contributed by atoms with Crippen LogP contribution < -0.4 is 5.32 Å². The molecule has 2 heterocycles. The van der Waals surface area contributed by atoms with E-state index in [1.54, 1.807) is 12.1 Å². The van der Waals surface area contributed by atoms with E-state index in [1.807, 2.05) is 18.2 Å². The molecule has 1 aliphatic rings. The summed E-state index contributed by atoms with van der Waals surface area (Å²) in [5, 5.41) is 6.57. The average molecular weight is 442 g/mol. The monoisotopic (exact) mass is 441 g/mol. The Morgan fingerprint density at radius 3 is 2.42 bits per heavy atom. The lowest BCUT2D eigenvalue weighted by molar-refractivity contribution is 0.0647. The summed E-state index contributed by atoms with van der Waals surface area (Å²) >= 11 is 6.15. The summed E-state index contributed by atoms with van der Waals surface area (Å²) in [6.45, 7) is 1.08. The maximum atomic E-state index is 14.6. The zero-order chi connectivity index (χ0) is 21.8. The van der Waals surface area contributed by atoms with E-state index in [-0.39, 0.29) is 22.3 Å². The molecule has 1 aromatic heterocycles. The van der Waals surface area contributed by atoms with Gasteiger partial charge in [-0.15, -0.1) is 0 Å². The Morgan fingerprint density at radius 1 is 1.10 bits per heavy atom. The molecule has 158 valence electrons. The molecule has 3 aromatic rings. The minimum Gasteiger partial charge on any atom is -0.381 e. The molecule has 0 spiro atoms. The lowest BCUT2D eigenvalue weighted by atomic mass is 10.1. The summed E-state index contributed by atoms with van der Waals surface area (Å²) in [4.78, 5) is 12.8. The zero-order valence-corrected chi connectivity index (χ0v) is 17.1. The molecule has 5 nitrogen and oxygen atoms in total. The Kier molecular flexibility index (Phi) is 6.31. The molecule has 1 amide bonds. The first-order chi connectivity index (χ1) is 15.0. The van der Waals surface area contributed by atoms with Crippen LogP contribution in [-0.4, -0.2) is 28.9 Å². The molecule has 8 heteroatoms. The maximum absolute atomic E-state index is 14.6. The normalized spacial score (nSPS) is 14.0. The number of carbonyl (C=O) groups is 1. The van der Waals surface area contributed by atoms with Gasteiger partial charge in [0.15, 0.2) is 11.6 Å². The number of benzene rings is 2. The topological polar surface area (TPSA) is 56.2 Å². The maximum Gasteiger partial charge on any atom is 0.275 e. The summed E-state index contributed by atoms with van der Waals surface area (Å²) in [7, 11) is 0. The Hall–Kier alpha value is -3.21. The van der Waals surface area contributed by atoms with E-state index < -0.39 is 23.2 Å². The number of hydrogen-bond donors (Lipinski definition) is 1. The van der Waals surface area contributed by atoms with Crippen molar-refractivity contribution in [1.29, 1.82) is 0 Å². The van der Waals surface area contributed by atoms with Crippen molar-refractivity contribution in [1.82, 2.24) is 9.78 Å². The van der Waals surface area contributed by atoms with Crippen LogP contribution in [0, 0.1) is 23.5 Å². The smallest absolute Gasteiger partial charge is 0.275 e.